The molecule has 0 bridgehead atoms. The molecule has 4 heteroatoms. The first-order valence-electron chi connectivity index (χ1n) is 9.07. The van der Waals surface area contributed by atoms with E-state index in [1.807, 2.05) is 36.4 Å². The summed E-state index contributed by atoms with van der Waals surface area (Å²) in [6.07, 6.45) is 3.44. The Balaban J connectivity index is 1.59. The summed E-state index contributed by atoms with van der Waals surface area (Å²) in [5, 5.41) is 5.78. The minimum absolute atomic E-state index is 0.204. The maximum atomic E-state index is 12.1. The summed E-state index contributed by atoms with van der Waals surface area (Å²) in [6, 6.07) is 15.6. The zero-order valence-corrected chi connectivity index (χ0v) is 15.1. The lowest BCUT2D eigenvalue weighted by atomic mass is 9.83. The number of amides is 2. The van der Waals surface area contributed by atoms with Crippen LogP contribution in [-0.4, -0.2) is 31.1 Å². The first-order valence-corrected chi connectivity index (χ1v) is 9.07. The van der Waals surface area contributed by atoms with Crippen LogP contribution >= 0.6 is 0 Å². The van der Waals surface area contributed by atoms with Crippen LogP contribution in [0.25, 0.3) is 0 Å². The van der Waals surface area contributed by atoms with Crippen molar-refractivity contribution in [1.29, 1.82) is 0 Å². The van der Waals surface area contributed by atoms with Gasteiger partial charge >= 0.3 is 6.03 Å². The summed E-state index contributed by atoms with van der Waals surface area (Å²) in [5.74, 6) is 0.734. The summed E-state index contributed by atoms with van der Waals surface area (Å²) in [6.45, 7) is 4.47. The Morgan fingerprint density at radius 3 is 2.60 bits per heavy atom. The first kappa shape index (κ1) is 17.5. The normalized spacial score (nSPS) is 16.4. The van der Waals surface area contributed by atoms with Crippen molar-refractivity contribution >= 4 is 17.4 Å². The Kier molecular flexibility index (Phi) is 5.71. The van der Waals surface area contributed by atoms with E-state index in [2.05, 4.69) is 41.6 Å². The number of fused-ring (bicyclic) bond motifs is 1. The molecular formula is C21H27N3O. The highest BCUT2D eigenvalue weighted by Gasteiger charge is 2.20. The molecule has 2 amide bonds. The SMILES string of the molecule is CCN(C)CC1CCc2cc(NC(=O)Nc3ccccc3)ccc2C1. The van der Waals surface area contributed by atoms with Crippen LogP contribution in [0.1, 0.15) is 24.5 Å². The van der Waals surface area contributed by atoms with E-state index < -0.39 is 0 Å². The van der Waals surface area contributed by atoms with Gasteiger partial charge in [0.25, 0.3) is 0 Å². The Morgan fingerprint density at radius 1 is 1.08 bits per heavy atom. The fourth-order valence-corrected chi connectivity index (χ4v) is 3.45. The molecule has 0 spiro atoms. The monoisotopic (exact) mass is 337 g/mol. The molecule has 4 nitrogen and oxygen atoms in total. The first-order chi connectivity index (χ1) is 12.1. The van der Waals surface area contributed by atoms with Crippen LogP contribution in [0.2, 0.25) is 0 Å². The molecule has 0 saturated heterocycles. The van der Waals surface area contributed by atoms with E-state index in [1.54, 1.807) is 0 Å². The minimum atomic E-state index is -0.204. The second kappa shape index (κ2) is 8.17. The molecule has 0 radical (unpaired) electrons. The van der Waals surface area contributed by atoms with Crippen LogP contribution in [0, 0.1) is 5.92 Å². The van der Waals surface area contributed by atoms with E-state index in [-0.39, 0.29) is 6.03 Å². The summed E-state index contributed by atoms with van der Waals surface area (Å²) in [4.78, 5) is 14.5. The van der Waals surface area contributed by atoms with Gasteiger partial charge in [0.1, 0.15) is 0 Å². The molecule has 0 aliphatic heterocycles. The van der Waals surface area contributed by atoms with Crippen LogP contribution in [0.3, 0.4) is 0 Å². The van der Waals surface area contributed by atoms with E-state index in [1.165, 1.54) is 17.5 Å². The molecule has 2 N–H and O–H groups in total. The second-order valence-electron chi connectivity index (χ2n) is 6.89. The smallest absolute Gasteiger partial charge is 0.308 e. The van der Waals surface area contributed by atoms with Gasteiger partial charge in [-0.2, -0.15) is 0 Å². The van der Waals surface area contributed by atoms with Crippen molar-refractivity contribution in [2.45, 2.75) is 26.2 Å². The van der Waals surface area contributed by atoms with Gasteiger partial charge in [-0.1, -0.05) is 31.2 Å². The molecule has 2 aromatic carbocycles. The Bertz CT molecular complexity index is 714. The number of carbonyl (C=O) groups is 1. The minimum Gasteiger partial charge on any atom is -0.308 e. The molecule has 0 aromatic heterocycles. The van der Waals surface area contributed by atoms with Crippen molar-refractivity contribution in [1.82, 2.24) is 4.90 Å². The molecule has 2 aromatic rings. The molecule has 25 heavy (non-hydrogen) atoms. The number of nitrogens with one attached hydrogen (secondary N) is 2. The van der Waals surface area contributed by atoms with Gasteiger partial charge in [0, 0.05) is 17.9 Å². The molecule has 0 saturated carbocycles. The molecule has 132 valence electrons. The summed E-state index contributed by atoms with van der Waals surface area (Å²) < 4.78 is 0. The standard InChI is InChI=1S/C21H27N3O/c1-3-24(2)15-16-9-10-18-14-20(12-11-17(18)13-16)23-21(25)22-19-7-5-4-6-8-19/h4-8,11-12,14,16H,3,9-10,13,15H2,1-2H3,(H2,22,23,25). The summed E-state index contributed by atoms with van der Waals surface area (Å²) in [7, 11) is 2.19. The second-order valence-corrected chi connectivity index (χ2v) is 6.89. The highest BCUT2D eigenvalue weighted by molar-refractivity contribution is 5.99. The molecule has 1 aliphatic carbocycles. The number of hydrogen-bond donors (Lipinski definition) is 2. The highest BCUT2D eigenvalue weighted by atomic mass is 16.2. The zero-order valence-electron chi connectivity index (χ0n) is 15.1. The number of aryl methyl sites for hydroxylation is 1. The van der Waals surface area contributed by atoms with E-state index in [9.17, 15) is 4.79 Å². The lowest BCUT2D eigenvalue weighted by molar-refractivity contribution is 0.262. The number of urea groups is 1. The third kappa shape index (κ3) is 4.83. The van der Waals surface area contributed by atoms with Crippen molar-refractivity contribution in [3.05, 3.63) is 59.7 Å². The number of rotatable bonds is 5. The van der Waals surface area contributed by atoms with Crippen LogP contribution in [0.5, 0.6) is 0 Å². The number of benzene rings is 2. The van der Waals surface area contributed by atoms with Crippen LogP contribution in [-0.2, 0) is 12.8 Å². The molecule has 1 unspecified atom stereocenters. The average molecular weight is 337 g/mol. The topological polar surface area (TPSA) is 44.4 Å². The van der Waals surface area contributed by atoms with Crippen molar-refractivity contribution in [2.75, 3.05) is 30.8 Å². The highest BCUT2D eigenvalue weighted by Crippen LogP contribution is 2.28. The van der Waals surface area contributed by atoms with Gasteiger partial charge in [-0.25, -0.2) is 4.79 Å². The lowest BCUT2D eigenvalue weighted by Gasteiger charge is -2.28. The molecule has 0 heterocycles. The predicted molar refractivity (Wildman–Crippen MR) is 104 cm³/mol. The van der Waals surface area contributed by atoms with Gasteiger partial charge in [-0.15, -0.1) is 0 Å². The number of hydrogen-bond acceptors (Lipinski definition) is 2. The summed E-state index contributed by atoms with van der Waals surface area (Å²) in [5.41, 5.74) is 4.44. The Labute approximate surface area is 150 Å². The fraction of sp³-hybridized carbons (Fsp3) is 0.381. The average Bonchev–Trinajstić information content (AvgIpc) is 2.62. The largest absolute Gasteiger partial charge is 0.323 e. The van der Waals surface area contributed by atoms with Crippen LogP contribution in [0.4, 0.5) is 16.2 Å². The molecule has 0 fully saturated rings. The van der Waals surface area contributed by atoms with Crippen molar-refractivity contribution in [2.24, 2.45) is 5.92 Å². The summed E-state index contributed by atoms with van der Waals surface area (Å²) >= 11 is 0. The van der Waals surface area contributed by atoms with E-state index in [0.717, 1.165) is 43.2 Å². The van der Waals surface area contributed by atoms with Gasteiger partial charge in [-0.3, -0.25) is 0 Å². The fourth-order valence-electron chi connectivity index (χ4n) is 3.45. The van der Waals surface area contributed by atoms with Crippen molar-refractivity contribution in [3.63, 3.8) is 0 Å². The number of para-hydroxylation sites is 1. The lowest BCUT2D eigenvalue weighted by Crippen LogP contribution is -2.29. The maximum absolute atomic E-state index is 12.1. The van der Waals surface area contributed by atoms with Crippen LogP contribution in [0.15, 0.2) is 48.5 Å². The van der Waals surface area contributed by atoms with Gasteiger partial charge < -0.3 is 15.5 Å². The van der Waals surface area contributed by atoms with Crippen molar-refractivity contribution < 1.29 is 4.79 Å². The number of nitrogens with zero attached hydrogens (tertiary/aromatic N) is 1. The number of anilines is 2. The van der Waals surface area contributed by atoms with E-state index >= 15 is 0 Å². The Hall–Kier alpha value is -2.33. The van der Waals surface area contributed by atoms with Gasteiger partial charge in [0.15, 0.2) is 0 Å². The quantitative estimate of drug-likeness (QED) is 0.850. The molecule has 1 aliphatic rings. The predicted octanol–water partition coefficient (Wildman–Crippen LogP) is 4.39. The molecule has 1 atom stereocenters. The zero-order chi connectivity index (χ0) is 17.6. The maximum Gasteiger partial charge on any atom is 0.323 e. The van der Waals surface area contributed by atoms with Gasteiger partial charge in [0.2, 0.25) is 0 Å². The van der Waals surface area contributed by atoms with Crippen LogP contribution < -0.4 is 10.6 Å². The van der Waals surface area contributed by atoms with E-state index in [0.29, 0.717) is 0 Å². The van der Waals surface area contributed by atoms with Gasteiger partial charge in [0.05, 0.1) is 0 Å². The van der Waals surface area contributed by atoms with E-state index in [4.69, 9.17) is 0 Å². The Morgan fingerprint density at radius 2 is 1.84 bits per heavy atom. The van der Waals surface area contributed by atoms with Crippen molar-refractivity contribution in [3.8, 4) is 0 Å². The molecule has 3 rings (SSSR count). The van der Waals surface area contributed by atoms with Gasteiger partial charge in [-0.05, 0) is 74.2 Å². The third-order valence-corrected chi connectivity index (χ3v) is 4.94. The third-order valence-electron chi connectivity index (χ3n) is 4.94. The number of carbonyl (C=O) groups excluding carboxylic acids is 1. The molecular weight excluding hydrogens is 310 g/mol.